The summed E-state index contributed by atoms with van der Waals surface area (Å²) in [6.07, 6.45) is 9.70. The molecule has 1 aliphatic carbocycles. The predicted molar refractivity (Wildman–Crippen MR) is 141 cm³/mol. The number of carbonyl (C=O) groups excluding carboxylic acids is 1. The molecule has 0 saturated carbocycles. The van der Waals surface area contributed by atoms with Crippen molar-refractivity contribution in [3.05, 3.63) is 76.9 Å². The van der Waals surface area contributed by atoms with Crippen LogP contribution in [-0.2, 0) is 25.8 Å². The Morgan fingerprint density at radius 3 is 2.58 bits per heavy atom. The van der Waals surface area contributed by atoms with Crippen molar-refractivity contribution in [2.45, 2.75) is 71.3 Å². The fourth-order valence-corrected chi connectivity index (χ4v) is 5.52. The second-order valence-corrected chi connectivity index (χ2v) is 9.97. The number of nitrogens with zero attached hydrogens (tertiary/aromatic N) is 5. The Morgan fingerprint density at radius 2 is 1.69 bits per heavy atom. The number of rotatable bonds is 4. The Labute approximate surface area is 211 Å². The predicted octanol–water partition coefficient (Wildman–Crippen LogP) is 5.69. The summed E-state index contributed by atoms with van der Waals surface area (Å²) in [7, 11) is 0. The number of fused-ring (bicyclic) bond motifs is 2. The van der Waals surface area contributed by atoms with Crippen LogP contribution in [0.25, 0.3) is 17.1 Å². The molecule has 1 aliphatic heterocycles. The monoisotopic (exact) mass is 480 g/mol. The first-order valence-corrected chi connectivity index (χ1v) is 13.2. The summed E-state index contributed by atoms with van der Waals surface area (Å²) in [4.78, 5) is 13.7. The molecule has 36 heavy (non-hydrogen) atoms. The van der Waals surface area contributed by atoms with E-state index in [4.69, 9.17) is 5.10 Å². The molecule has 7 nitrogen and oxygen atoms in total. The zero-order valence-electron chi connectivity index (χ0n) is 20.8. The molecular weight excluding hydrogens is 448 g/mol. The van der Waals surface area contributed by atoms with E-state index in [-0.39, 0.29) is 5.91 Å². The van der Waals surface area contributed by atoms with Crippen molar-refractivity contribution in [1.29, 1.82) is 0 Å². The van der Waals surface area contributed by atoms with E-state index in [1.807, 2.05) is 41.9 Å². The molecule has 7 heteroatoms. The van der Waals surface area contributed by atoms with E-state index in [9.17, 15) is 4.79 Å². The van der Waals surface area contributed by atoms with Gasteiger partial charge in [-0.3, -0.25) is 4.79 Å². The van der Waals surface area contributed by atoms with E-state index in [1.54, 1.807) is 0 Å². The lowest BCUT2D eigenvalue weighted by Crippen LogP contribution is -2.16. The van der Waals surface area contributed by atoms with Gasteiger partial charge in [0.15, 0.2) is 11.5 Å². The normalized spacial score (nSPS) is 15.5. The highest BCUT2D eigenvalue weighted by Crippen LogP contribution is 2.30. The summed E-state index contributed by atoms with van der Waals surface area (Å²) < 4.78 is 4.22. The van der Waals surface area contributed by atoms with Gasteiger partial charge in [-0.15, -0.1) is 10.2 Å². The molecule has 0 radical (unpaired) electrons. The summed E-state index contributed by atoms with van der Waals surface area (Å²) in [6.45, 7) is 2.96. The van der Waals surface area contributed by atoms with Crippen LogP contribution >= 0.6 is 0 Å². The molecule has 1 amide bonds. The van der Waals surface area contributed by atoms with Gasteiger partial charge in [-0.05, 0) is 69.2 Å². The third kappa shape index (κ3) is 4.23. The third-order valence-electron chi connectivity index (χ3n) is 7.50. The molecular formula is C29H32N6O. The van der Waals surface area contributed by atoms with Crippen molar-refractivity contribution in [3.63, 3.8) is 0 Å². The van der Waals surface area contributed by atoms with Crippen molar-refractivity contribution in [2.24, 2.45) is 0 Å². The molecule has 4 aromatic rings. The summed E-state index contributed by atoms with van der Waals surface area (Å²) in [6, 6.07) is 16.3. The zero-order chi connectivity index (χ0) is 24.5. The number of aryl methyl sites for hydroxylation is 2. The highest BCUT2D eigenvalue weighted by molar-refractivity contribution is 6.04. The molecule has 0 fully saturated rings. The van der Waals surface area contributed by atoms with Gasteiger partial charge < -0.3 is 9.88 Å². The van der Waals surface area contributed by atoms with Crippen LogP contribution in [0.2, 0.25) is 0 Å². The second-order valence-electron chi connectivity index (χ2n) is 9.97. The number of hydrogen-bond donors (Lipinski definition) is 1. The number of carbonyl (C=O) groups is 1. The fourth-order valence-electron chi connectivity index (χ4n) is 5.52. The number of benzene rings is 2. The minimum absolute atomic E-state index is 0.150. The summed E-state index contributed by atoms with van der Waals surface area (Å²) >= 11 is 0. The van der Waals surface area contributed by atoms with Crippen molar-refractivity contribution in [2.75, 3.05) is 5.32 Å². The number of nitrogens with one attached hydrogen (secondary N) is 1. The second kappa shape index (κ2) is 9.72. The Hall–Kier alpha value is -3.74. The minimum Gasteiger partial charge on any atom is -0.320 e. The van der Waals surface area contributed by atoms with Gasteiger partial charge in [0.1, 0.15) is 5.82 Å². The number of aromatic nitrogens is 5. The topological polar surface area (TPSA) is 77.6 Å². The van der Waals surface area contributed by atoms with Gasteiger partial charge in [-0.2, -0.15) is 5.10 Å². The van der Waals surface area contributed by atoms with Gasteiger partial charge >= 0.3 is 0 Å². The van der Waals surface area contributed by atoms with E-state index in [1.165, 1.54) is 18.5 Å². The highest BCUT2D eigenvalue weighted by Gasteiger charge is 2.25. The van der Waals surface area contributed by atoms with E-state index < -0.39 is 0 Å². The van der Waals surface area contributed by atoms with Crippen molar-refractivity contribution in [1.82, 2.24) is 24.5 Å². The van der Waals surface area contributed by atoms with Gasteiger partial charge in [0, 0.05) is 35.5 Å². The Morgan fingerprint density at radius 1 is 0.889 bits per heavy atom. The lowest BCUT2D eigenvalue weighted by molar-refractivity contribution is 0.102. The molecule has 2 aromatic heterocycles. The van der Waals surface area contributed by atoms with Gasteiger partial charge in [0.05, 0.1) is 5.69 Å². The number of para-hydroxylation sites is 1. The maximum Gasteiger partial charge on any atom is 0.276 e. The lowest BCUT2D eigenvalue weighted by Gasteiger charge is -2.12. The molecule has 2 aromatic carbocycles. The first-order valence-electron chi connectivity index (χ1n) is 13.2. The Balaban J connectivity index is 1.34. The quantitative estimate of drug-likeness (QED) is 0.381. The van der Waals surface area contributed by atoms with Crippen LogP contribution in [0.4, 0.5) is 5.69 Å². The smallest absolute Gasteiger partial charge is 0.276 e. The SMILES string of the molecule is Cc1ccc(-c2nnc3n2CCCCC3)cc1NC(=O)c1nn(-c2ccccc2)c2c1CCCCC2. The highest BCUT2D eigenvalue weighted by atomic mass is 16.2. The molecule has 0 spiro atoms. The number of amides is 1. The van der Waals surface area contributed by atoms with Crippen molar-refractivity contribution < 1.29 is 4.79 Å². The average molecular weight is 481 g/mol. The standard InChI is InChI=1S/C29H32N6O/c1-20-16-17-21(28-32-31-26-15-9-4-10-18-34(26)28)19-24(20)30-29(36)27-23-13-7-3-8-14-25(23)35(33-27)22-11-5-2-6-12-22/h2,5-6,11-12,16-17,19H,3-4,7-10,13-15,18H2,1H3,(H,30,36). The lowest BCUT2D eigenvalue weighted by atomic mass is 10.1. The Kier molecular flexibility index (Phi) is 6.13. The van der Waals surface area contributed by atoms with E-state index in [0.717, 1.165) is 91.2 Å². The molecule has 0 saturated heterocycles. The van der Waals surface area contributed by atoms with Crippen LogP contribution < -0.4 is 5.32 Å². The Bertz CT molecular complexity index is 1400. The van der Waals surface area contributed by atoms with Crippen LogP contribution in [0, 0.1) is 6.92 Å². The molecule has 0 atom stereocenters. The zero-order valence-corrected chi connectivity index (χ0v) is 20.8. The van der Waals surface area contributed by atoms with E-state index in [2.05, 4.69) is 38.3 Å². The fraction of sp³-hybridized carbons (Fsp3) is 0.379. The molecule has 0 unspecified atom stereocenters. The number of hydrogen-bond acceptors (Lipinski definition) is 4. The maximum atomic E-state index is 13.7. The molecule has 0 bridgehead atoms. The van der Waals surface area contributed by atoms with Crippen LogP contribution in [0.3, 0.4) is 0 Å². The molecule has 1 N–H and O–H groups in total. The van der Waals surface area contributed by atoms with Gasteiger partial charge in [0.25, 0.3) is 5.91 Å². The molecule has 6 rings (SSSR count). The van der Waals surface area contributed by atoms with Gasteiger partial charge in [-0.1, -0.05) is 43.2 Å². The minimum atomic E-state index is -0.150. The largest absolute Gasteiger partial charge is 0.320 e. The van der Waals surface area contributed by atoms with Crippen LogP contribution in [-0.4, -0.2) is 30.5 Å². The summed E-state index contributed by atoms with van der Waals surface area (Å²) in [5, 5.41) is 17.0. The van der Waals surface area contributed by atoms with E-state index >= 15 is 0 Å². The van der Waals surface area contributed by atoms with Gasteiger partial charge in [-0.25, -0.2) is 4.68 Å². The molecule has 2 aliphatic rings. The average Bonchev–Trinajstić information content (AvgIpc) is 3.26. The van der Waals surface area contributed by atoms with E-state index in [0.29, 0.717) is 5.69 Å². The first-order chi connectivity index (χ1) is 17.7. The molecule has 3 heterocycles. The van der Waals surface area contributed by atoms with Crippen LogP contribution in [0.5, 0.6) is 0 Å². The maximum absolute atomic E-state index is 13.7. The van der Waals surface area contributed by atoms with Crippen molar-refractivity contribution in [3.8, 4) is 17.1 Å². The van der Waals surface area contributed by atoms with Crippen LogP contribution in [0.15, 0.2) is 48.5 Å². The van der Waals surface area contributed by atoms with Gasteiger partial charge in [0.2, 0.25) is 0 Å². The third-order valence-corrected chi connectivity index (χ3v) is 7.50. The molecule has 184 valence electrons. The number of anilines is 1. The first kappa shape index (κ1) is 22.7. The van der Waals surface area contributed by atoms with Crippen LogP contribution in [0.1, 0.15) is 71.7 Å². The van der Waals surface area contributed by atoms with Crippen molar-refractivity contribution >= 4 is 11.6 Å². The summed E-state index contributed by atoms with van der Waals surface area (Å²) in [5.74, 6) is 1.79. The summed E-state index contributed by atoms with van der Waals surface area (Å²) in [5.41, 5.74) is 6.57.